The highest BCUT2D eigenvalue weighted by Gasteiger charge is 2.14. The highest BCUT2D eigenvalue weighted by molar-refractivity contribution is 5.72. The lowest BCUT2D eigenvalue weighted by Crippen LogP contribution is -2.20. The van der Waals surface area contributed by atoms with Crippen LogP contribution in [0.1, 0.15) is 11.1 Å². The predicted molar refractivity (Wildman–Crippen MR) is 70.9 cm³/mol. The Kier molecular flexibility index (Phi) is 3.34. The van der Waals surface area contributed by atoms with Crippen LogP contribution in [-0.4, -0.2) is 16.9 Å². The molecule has 1 aromatic carbocycles. The SMILES string of the molecule is COc1ccc(C)cc1-c1nn(C)c(=O)cc1C#N. The predicted octanol–water partition coefficient (Wildman–Crippen LogP) is 1.64. The molecule has 0 aliphatic heterocycles. The molecule has 0 amide bonds. The number of methoxy groups -OCH3 is 1. The lowest BCUT2D eigenvalue weighted by Gasteiger charge is -2.10. The number of hydrogen-bond acceptors (Lipinski definition) is 4. The van der Waals surface area contributed by atoms with Gasteiger partial charge < -0.3 is 4.74 Å². The highest BCUT2D eigenvalue weighted by atomic mass is 16.5. The van der Waals surface area contributed by atoms with Crippen molar-refractivity contribution in [2.45, 2.75) is 6.92 Å². The van der Waals surface area contributed by atoms with Crippen molar-refractivity contribution in [3.63, 3.8) is 0 Å². The van der Waals surface area contributed by atoms with Crippen molar-refractivity contribution in [3.05, 3.63) is 45.7 Å². The van der Waals surface area contributed by atoms with Gasteiger partial charge in [-0.2, -0.15) is 10.4 Å². The smallest absolute Gasteiger partial charge is 0.267 e. The molecule has 0 fully saturated rings. The Morgan fingerprint density at radius 2 is 2.11 bits per heavy atom. The molecule has 5 heteroatoms. The minimum Gasteiger partial charge on any atom is -0.496 e. The normalized spacial score (nSPS) is 10.0. The molecule has 1 heterocycles. The van der Waals surface area contributed by atoms with Gasteiger partial charge in [-0.3, -0.25) is 4.79 Å². The van der Waals surface area contributed by atoms with E-state index in [1.807, 2.05) is 31.2 Å². The second-order valence-electron chi connectivity index (χ2n) is 4.18. The summed E-state index contributed by atoms with van der Waals surface area (Å²) in [6.45, 7) is 1.94. The number of benzene rings is 1. The summed E-state index contributed by atoms with van der Waals surface area (Å²) < 4.78 is 6.49. The van der Waals surface area contributed by atoms with Crippen molar-refractivity contribution in [1.29, 1.82) is 5.26 Å². The van der Waals surface area contributed by atoms with Crippen LogP contribution in [-0.2, 0) is 7.05 Å². The third kappa shape index (κ3) is 2.33. The van der Waals surface area contributed by atoms with Crippen molar-refractivity contribution in [3.8, 4) is 23.1 Å². The van der Waals surface area contributed by atoms with Crippen molar-refractivity contribution in [1.82, 2.24) is 9.78 Å². The van der Waals surface area contributed by atoms with Crippen LogP contribution in [0.15, 0.2) is 29.1 Å². The molecule has 0 atom stereocenters. The van der Waals surface area contributed by atoms with Crippen LogP contribution >= 0.6 is 0 Å². The van der Waals surface area contributed by atoms with Crippen LogP contribution in [0.3, 0.4) is 0 Å². The summed E-state index contributed by atoms with van der Waals surface area (Å²) >= 11 is 0. The molecule has 0 unspecified atom stereocenters. The summed E-state index contributed by atoms with van der Waals surface area (Å²) in [4.78, 5) is 11.5. The van der Waals surface area contributed by atoms with Gasteiger partial charge in [-0.1, -0.05) is 11.6 Å². The van der Waals surface area contributed by atoms with Gasteiger partial charge in [0.1, 0.15) is 17.5 Å². The topological polar surface area (TPSA) is 67.9 Å². The number of aryl methyl sites for hydroxylation is 2. The fraction of sp³-hybridized carbons (Fsp3) is 0.214. The lowest BCUT2D eigenvalue weighted by atomic mass is 10.0. The summed E-state index contributed by atoms with van der Waals surface area (Å²) in [6, 6.07) is 8.90. The molecule has 96 valence electrons. The van der Waals surface area contributed by atoms with E-state index in [0.29, 0.717) is 17.0 Å². The highest BCUT2D eigenvalue weighted by Crippen LogP contribution is 2.30. The van der Waals surface area contributed by atoms with Crippen molar-refractivity contribution < 1.29 is 4.74 Å². The third-order valence-electron chi connectivity index (χ3n) is 2.82. The van der Waals surface area contributed by atoms with Gasteiger partial charge in [-0.25, -0.2) is 4.68 Å². The van der Waals surface area contributed by atoms with E-state index in [1.54, 1.807) is 14.2 Å². The Morgan fingerprint density at radius 1 is 1.37 bits per heavy atom. The quantitative estimate of drug-likeness (QED) is 0.818. The van der Waals surface area contributed by atoms with E-state index >= 15 is 0 Å². The molecule has 2 aromatic rings. The van der Waals surface area contributed by atoms with Gasteiger partial charge in [0, 0.05) is 18.7 Å². The summed E-state index contributed by atoms with van der Waals surface area (Å²) in [5.74, 6) is 0.619. The Morgan fingerprint density at radius 3 is 2.74 bits per heavy atom. The Labute approximate surface area is 110 Å². The molecular weight excluding hydrogens is 242 g/mol. The van der Waals surface area contributed by atoms with Crippen molar-refractivity contribution in [2.75, 3.05) is 7.11 Å². The number of nitriles is 1. The van der Waals surface area contributed by atoms with E-state index in [2.05, 4.69) is 5.10 Å². The molecule has 0 N–H and O–H groups in total. The molecule has 0 bridgehead atoms. The molecule has 1 aromatic heterocycles. The number of hydrogen-bond donors (Lipinski definition) is 0. The van der Waals surface area contributed by atoms with Gasteiger partial charge in [-0.05, 0) is 19.1 Å². The maximum Gasteiger partial charge on any atom is 0.267 e. The Bertz CT molecular complexity index is 726. The monoisotopic (exact) mass is 255 g/mol. The number of nitrogens with zero attached hydrogens (tertiary/aromatic N) is 3. The van der Waals surface area contributed by atoms with E-state index in [0.717, 1.165) is 5.56 Å². The maximum absolute atomic E-state index is 11.5. The fourth-order valence-corrected chi connectivity index (χ4v) is 1.83. The number of aromatic nitrogens is 2. The Hall–Kier alpha value is -2.61. The van der Waals surface area contributed by atoms with Gasteiger partial charge in [0.05, 0.1) is 12.7 Å². The zero-order valence-corrected chi connectivity index (χ0v) is 11.0. The van der Waals surface area contributed by atoms with Crippen LogP contribution in [0, 0.1) is 18.3 Å². The number of rotatable bonds is 2. The second-order valence-corrected chi connectivity index (χ2v) is 4.18. The van der Waals surface area contributed by atoms with Crippen molar-refractivity contribution >= 4 is 0 Å². The molecule has 0 saturated heterocycles. The van der Waals surface area contributed by atoms with Crippen LogP contribution in [0.5, 0.6) is 5.75 Å². The molecule has 19 heavy (non-hydrogen) atoms. The maximum atomic E-state index is 11.5. The molecular formula is C14H13N3O2. The molecule has 0 radical (unpaired) electrons. The van der Waals surface area contributed by atoms with Crippen LogP contribution in [0.25, 0.3) is 11.3 Å². The zero-order valence-electron chi connectivity index (χ0n) is 11.0. The summed E-state index contributed by atoms with van der Waals surface area (Å²) in [5.41, 5.74) is 2.11. The van der Waals surface area contributed by atoms with Crippen LogP contribution in [0.4, 0.5) is 0 Å². The van der Waals surface area contributed by atoms with Gasteiger partial charge in [-0.15, -0.1) is 0 Å². The largest absolute Gasteiger partial charge is 0.496 e. The first kappa shape index (κ1) is 12.8. The van der Waals surface area contributed by atoms with Gasteiger partial charge >= 0.3 is 0 Å². The zero-order chi connectivity index (χ0) is 14.0. The molecule has 0 aliphatic carbocycles. The van der Waals surface area contributed by atoms with E-state index < -0.39 is 0 Å². The van der Waals surface area contributed by atoms with Gasteiger partial charge in [0.15, 0.2) is 0 Å². The van der Waals surface area contributed by atoms with Gasteiger partial charge in [0.2, 0.25) is 0 Å². The summed E-state index contributed by atoms with van der Waals surface area (Å²) in [6.07, 6.45) is 0. The summed E-state index contributed by atoms with van der Waals surface area (Å²) in [7, 11) is 3.11. The molecule has 2 rings (SSSR count). The lowest BCUT2D eigenvalue weighted by molar-refractivity contribution is 0.416. The molecule has 0 spiro atoms. The van der Waals surface area contributed by atoms with Crippen molar-refractivity contribution in [2.24, 2.45) is 7.05 Å². The molecule has 0 aliphatic rings. The Balaban J connectivity index is 2.78. The van der Waals surface area contributed by atoms with E-state index in [1.165, 1.54) is 10.7 Å². The molecule has 5 nitrogen and oxygen atoms in total. The first-order valence-electron chi connectivity index (χ1n) is 5.70. The fourth-order valence-electron chi connectivity index (χ4n) is 1.83. The average molecular weight is 255 g/mol. The third-order valence-corrected chi connectivity index (χ3v) is 2.82. The van der Waals surface area contributed by atoms with Gasteiger partial charge in [0.25, 0.3) is 5.56 Å². The van der Waals surface area contributed by atoms with E-state index in [9.17, 15) is 4.79 Å². The molecule has 0 saturated carbocycles. The van der Waals surface area contributed by atoms with Crippen LogP contribution in [0.2, 0.25) is 0 Å². The van der Waals surface area contributed by atoms with E-state index in [4.69, 9.17) is 10.00 Å². The summed E-state index contributed by atoms with van der Waals surface area (Å²) in [5, 5.41) is 13.3. The average Bonchev–Trinajstić information content (AvgIpc) is 2.41. The minimum atomic E-state index is -0.313. The second kappa shape index (κ2) is 4.94. The number of ether oxygens (including phenoxy) is 1. The minimum absolute atomic E-state index is 0.243. The first-order chi connectivity index (χ1) is 9.06. The standard InChI is InChI=1S/C14H13N3O2/c1-9-4-5-12(19-3)11(6-9)14-10(8-15)7-13(18)17(2)16-14/h4-7H,1-3H3. The van der Waals surface area contributed by atoms with E-state index in [-0.39, 0.29) is 11.1 Å². The van der Waals surface area contributed by atoms with Crippen LogP contribution < -0.4 is 10.3 Å². The first-order valence-corrected chi connectivity index (χ1v) is 5.70.